The maximum Gasteiger partial charge on any atom is 0.420 e. The van der Waals surface area contributed by atoms with E-state index in [0.29, 0.717) is 11.3 Å². The third kappa shape index (κ3) is 4.33. The van der Waals surface area contributed by atoms with Gasteiger partial charge in [-0.05, 0) is 38.1 Å². The van der Waals surface area contributed by atoms with Crippen LogP contribution < -0.4 is 16.2 Å². The first-order chi connectivity index (χ1) is 10.8. The molecule has 0 aliphatic carbocycles. The average molecular weight is 355 g/mol. The van der Waals surface area contributed by atoms with E-state index in [1.807, 2.05) is 0 Å². The molecule has 0 aliphatic heterocycles. The molecule has 0 atom stereocenters. The Morgan fingerprint density at radius 2 is 1.46 bits per heavy atom. The Morgan fingerprint density at radius 1 is 1.00 bits per heavy atom. The fourth-order valence-corrected chi connectivity index (χ4v) is 1.57. The number of carbonyl (C=O) groups excluding carboxylic acids is 1. The third-order valence-electron chi connectivity index (χ3n) is 3.18. The van der Waals surface area contributed by atoms with Crippen molar-refractivity contribution in [2.24, 2.45) is 0 Å². The van der Waals surface area contributed by atoms with Gasteiger partial charge in [0.1, 0.15) is 5.82 Å². The van der Waals surface area contributed by atoms with Crippen molar-refractivity contribution >= 4 is 11.5 Å². The predicted molar refractivity (Wildman–Crippen MR) is 76.0 cm³/mol. The molecule has 0 amide bonds. The third-order valence-corrected chi connectivity index (χ3v) is 3.18. The molecule has 3 N–H and O–H groups in total. The van der Waals surface area contributed by atoms with Crippen molar-refractivity contribution in [3.8, 4) is 0 Å². The molecule has 134 valence electrons. The normalized spacial score (nSPS) is 12.5. The van der Waals surface area contributed by atoms with Crippen molar-refractivity contribution in [2.75, 3.05) is 5.43 Å². The van der Waals surface area contributed by atoms with Crippen molar-refractivity contribution in [3.05, 3.63) is 42.2 Å². The molecule has 1 rings (SSSR count). The molecule has 0 aliphatic rings. The summed E-state index contributed by atoms with van der Waals surface area (Å²) in [7, 11) is 0. The summed E-state index contributed by atoms with van der Waals surface area (Å²) >= 11 is 0. The van der Waals surface area contributed by atoms with Crippen molar-refractivity contribution in [2.45, 2.75) is 31.7 Å². The number of hydrogen-bond donors (Lipinski definition) is 3. The topological polar surface area (TPSA) is 53.2 Å². The predicted octanol–water partition coefficient (Wildman–Crippen LogP) is 3.75. The van der Waals surface area contributed by atoms with E-state index in [4.69, 9.17) is 0 Å². The van der Waals surface area contributed by atoms with Gasteiger partial charge in [-0.2, -0.15) is 26.3 Å². The Morgan fingerprint density at radius 3 is 1.83 bits per heavy atom. The van der Waals surface area contributed by atoms with E-state index < -0.39 is 23.7 Å². The van der Waals surface area contributed by atoms with Crippen molar-refractivity contribution in [3.63, 3.8) is 0 Å². The summed E-state index contributed by atoms with van der Waals surface area (Å²) in [6.07, 6.45) is -11.2. The smallest absolute Gasteiger partial charge is 0.350 e. The number of anilines is 1. The van der Waals surface area contributed by atoms with Crippen LogP contribution in [0.2, 0.25) is 0 Å². The number of alkyl halides is 6. The van der Waals surface area contributed by atoms with E-state index in [-0.39, 0.29) is 12.7 Å². The van der Waals surface area contributed by atoms with Gasteiger partial charge in [-0.3, -0.25) is 15.6 Å². The van der Waals surface area contributed by atoms with Gasteiger partial charge < -0.3 is 5.32 Å². The highest BCUT2D eigenvalue weighted by molar-refractivity contribution is 5.94. The number of nitrogens with one attached hydrogen (secondary N) is 3. The molecular weight excluding hydrogens is 340 g/mol. The summed E-state index contributed by atoms with van der Waals surface area (Å²) in [5.41, 5.74) is 1.03. The van der Waals surface area contributed by atoms with Gasteiger partial charge in [0.05, 0.1) is 5.69 Å². The van der Waals surface area contributed by atoms with Crippen LogP contribution in [-0.4, -0.2) is 23.7 Å². The SMILES string of the molecule is C=C(NNc1ccc(C(C)=O)cc1)NC(C)(C(F)(F)F)C(F)(F)F. The van der Waals surface area contributed by atoms with Gasteiger partial charge in [-0.25, -0.2) is 0 Å². The molecule has 0 saturated heterocycles. The molecule has 0 bridgehead atoms. The Labute approximate surface area is 133 Å². The second-order valence-electron chi connectivity index (χ2n) is 5.11. The lowest BCUT2D eigenvalue weighted by Gasteiger charge is -2.36. The molecule has 0 radical (unpaired) electrons. The van der Waals surface area contributed by atoms with E-state index in [9.17, 15) is 31.1 Å². The molecule has 0 aromatic heterocycles. The van der Waals surface area contributed by atoms with E-state index in [1.165, 1.54) is 36.5 Å². The molecule has 1 aromatic carbocycles. The minimum Gasteiger partial charge on any atom is -0.350 e. The lowest BCUT2D eigenvalue weighted by molar-refractivity contribution is -0.299. The summed E-state index contributed by atoms with van der Waals surface area (Å²) in [4.78, 5) is 11.1. The summed E-state index contributed by atoms with van der Waals surface area (Å²) in [5.74, 6) is -0.922. The van der Waals surface area contributed by atoms with Crippen LogP contribution >= 0.6 is 0 Å². The zero-order chi connectivity index (χ0) is 18.8. The minimum atomic E-state index is -5.58. The summed E-state index contributed by atoms with van der Waals surface area (Å²) in [6, 6.07) is 5.73. The van der Waals surface area contributed by atoms with Gasteiger partial charge in [0.15, 0.2) is 5.78 Å². The Bertz CT molecular complexity index is 592. The monoisotopic (exact) mass is 355 g/mol. The lowest BCUT2D eigenvalue weighted by atomic mass is 10.0. The van der Waals surface area contributed by atoms with Crippen LogP contribution in [0.3, 0.4) is 0 Å². The molecule has 0 fully saturated rings. The number of benzene rings is 1. The number of rotatable bonds is 6. The first kappa shape index (κ1) is 19.7. The van der Waals surface area contributed by atoms with Gasteiger partial charge in [-0.15, -0.1) is 0 Å². The van der Waals surface area contributed by atoms with Crippen molar-refractivity contribution < 1.29 is 31.1 Å². The second-order valence-corrected chi connectivity index (χ2v) is 5.11. The van der Waals surface area contributed by atoms with Gasteiger partial charge >= 0.3 is 12.4 Å². The molecule has 0 unspecified atom stereocenters. The van der Waals surface area contributed by atoms with Gasteiger partial charge in [0.25, 0.3) is 0 Å². The molecule has 0 saturated carbocycles. The molecule has 0 spiro atoms. The highest BCUT2D eigenvalue weighted by atomic mass is 19.4. The van der Waals surface area contributed by atoms with E-state index in [2.05, 4.69) is 17.4 Å². The van der Waals surface area contributed by atoms with Crippen LogP contribution in [0, 0.1) is 0 Å². The summed E-state index contributed by atoms with van der Waals surface area (Å²) in [6.45, 7) is 4.41. The van der Waals surface area contributed by atoms with E-state index in [1.54, 1.807) is 0 Å². The highest BCUT2D eigenvalue weighted by Crippen LogP contribution is 2.42. The number of Topliss-reactive ketones (excluding diaryl/α,β-unsaturated/α-hetero) is 1. The second kappa shape index (κ2) is 6.62. The summed E-state index contributed by atoms with van der Waals surface area (Å²) < 4.78 is 76.4. The zero-order valence-electron chi connectivity index (χ0n) is 12.7. The molecule has 24 heavy (non-hydrogen) atoms. The Balaban J connectivity index is 2.76. The first-order valence-corrected chi connectivity index (χ1v) is 6.51. The van der Waals surface area contributed by atoms with Crippen LogP contribution in [0.5, 0.6) is 0 Å². The lowest BCUT2D eigenvalue weighted by Crippen LogP contribution is -2.64. The van der Waals surface area contributed by atoms with Gasteiger partial charge in [0, 0.05) is 5.56 Å². The van der Waals surface area contributed by atoms with Crippen LogP contribution in [0.15, 0.2) is 36.7 Å². The standard InChI is InChI=1S/C14H15F6N3O/c1-8(24)10-4-6-11(7-5-10)23-22-9(2)21-12(3,13(15,16)17)14(18,19)20/h4-7,21-23H,2H2,1,3H3. The first-order valence-electron chi connectivity index (χ1n) is 6.51. The molecule has 1 aromatic rings. The largest absolute Gasteiger partial charge is 0.420 e. The Hall–Kier alpha value is -2.39. The highest BCUT2D eigenvalue weighted by Gasteiger charge is 2.68. The fourth-order valence-electron chi connectivity index (χ4n) is 1.57. The number of ketones is 1. The molecule has 0 heterocycles. The van der Waals surface area contributed by atoms with Crippen LogP contribution in [0.4, 0.5) is 32.0 Å². The minimum absolute atomic E-state index is 0.0263. The van der Waals surface area contributed by atoms with Crippen molar-refractivity contribution in [1.82, 2.24) is 10.7 Å². The van der Waals surface area contributed by atoms with Crippen LogP contribution in [-0.2, 0) is 0 Å². The molecule has 4 nitrogen and oxygen atoms in total. The fraction of sp³-hybridized carbons (Fsp3) is 0.357. The van der Waals surface area contributed by atoms with Crippen molar-refractivity contribution in [1.29, 1.82) is 0 Å². The molecule has 10 heteroatoms. The maximum absolute atomic E-state index is 12.7. The van der Waals surface area contributed by atoms with Crippen LogP contribution in [0.25, 0.3) is 0 Å². The number of hydrogen-bond acceptors (Lipinski definition) is 4. The quantitative estimate of drug-likeness (QED) is 0.413. The van der Waals surface area contributed by atoms with E-state index in [0.717, 1.165) is 0 Å². The number of carbonyl (C=O) groups is 1. The summed E-state index contributed by atoms with van der Waals surface area (Å²) in [5, 5.41) is 1.30. The van der Waals surface area contributed by atoms with E-state index >= 15 is 0 Å². The number of halogens is 6. The average Bonchev–Trinajstić information content (AvgIpc) is 2.43. The molecular formula is C14H15F6N3O. The maximum atomic E-state index is 12.7. The van der Waals surface area contributed by atoms with Gasteiger partial charge in [-0.1, -0.05) is 6.58 Å². The number of hydrazine groups is 1. The zero-order valence-corrected chi connectivity index (χ0v) is 12.7. The van der Waals surface area contributed by atoms with Gasteiger partial charge in [0.2, 0.25) is 5.54 Å². The Kier molecular flexibility index (Phi) is 5.42. The van der Waals surface area contributed by atoms with Crippen LogP contribution in [0.1, 0.15) is 24.2 Å².